The minimum atomic E-state index is 0.198. The van der Waals surface area contributed by atoms with Crippen molar-refractivity contribution in [2.24, 2.45) is 0 Å². The molecule has 5 rings (SSSR count). The van der Waals surface area contributed by atoms with Crippen LogP contribution in [0.15, 0.2) is 71.1 Å². The Bertz CT molecular complexity index is 1130. The third-order valence-electron chi connectivity index (χ3n) is 4.63. The van der Waals surface area contributed by atoms with Crippen LogP contribution in [0.4, 0.5) is 17.3 Å². The minimum absolute atomic E-state index is 0.198. The summed E-state index contributed by atoms with van der Waals surface area (Å²) in [7, 11) is 1.71. The summed E-state index contributed by atoms with van der Waals surface area (Å²) in [5, 5.41) is 1.22. The molecular formula is C22H17NO2Se. The van der Waals surface area contributed by atoms with E-state index in [4.69, 9.17) is 9.15 Å². The van der Waals surface area contributed by atoms with E-state index in [2.05, 4.69) is 60.4 Å². The fraction of sp³-hybridized carbons (Fsp3) is 0.0909. The Morgan fingerprint density at radius 3 is 2.54 bits per heavy atom. The summed E-state index contributed by atoms with van der Waals surface area (Å²) >= 11 is 0.198. The zero-order valence-corrected chi connectivity index (χ0v) is 16.2. The van der Waals surface area contributed by atoms with Crippen molar-refractivity contribution in [1.82, 2.24) is 0 Å². The fourth-order valence-electron chi connectivity index (χ4n) is 3.42. The molecule has 0 fully saturated rings. The number of fused-ring (bicyclic) bond motifs is 4. The first-order valence-electron chi connectivity index (χ1n) is 8.49. The molecule has 0 unspecified atom stereocenters. The van der Waals surface area contributed by atoms with Crippen molar-refractivity contribution in [2.75, 3.05) is 12.0 Å². The van der Waals surface area contributed by atoms with E-state index < -0.39 is 0 Å². The van der Waals surface area contributed by atoms with Crippen molar-refractivity contribution in [3.63, 3.8) is 0 Å². The van der Waals surface area contributed by atoms with Crippen LogP contribution in [-0.2, 0) is 0 Å². The van der Waals surface area contributed by atoms with Crippen molar-refractivity contribution < 1.29 is 9.15 Å². The van der Waals surface area contributed by atoms with Crippen LogP contribution in [-0.4, -0.2) is 22.1 Å². The predicted octanol–water partition coefficient (Wildman–Crippen LogP) is 4.19. The molecule has 1 aliphatic rings. The second-order valence-electron chi connectivity index (χ2n) is 6.31. The number of hydrogen-bond acceptors (Lipinski definition) is 3. The topological polar surface area (TPSA) is 25.6 Å². The van der Waals surface area contributed by atoms with Crippen molar-refractivity contribution in [2.45, 2.75) is 6.92 Å². The third kappa shape index (κ3) is 2.27. The molecule has 2 heterocycles. The number of ether oxygens (including phenoxy) is 1. The van der Waals surface area contributed by atoms with Crippen LogP contribution in [0.5, 0.6) is 5.75 Å². The summed E-state index contributed by atoms with van der Waals surface area (Å²) in [4.78, 5) is 2.20. The molecule has 4 aromatic rings. The Hall–Kier alpha value is -2.68. The van der Waals surface area contributed by atoms with Gasteiger partial charge in [0.1, 0.15) is 0 Å². The molecule has 0 atom stereocenters. The summed E-state index contributed by atoms with van der Waals surface area (Å²) < 4.78 is 14.6. The van der Waals surface area contributed by atoms with Gasteiger partial charge in [0.25, 0.3) is 0 Å². The van der Waals surface area contributed by atoms with Gasteiger partial charge in [-0.15, -0.1) is 0 Å². The van der Waals surface area contributed by atoms with Gasteiger partial charge in [-0.3, -0.25) is 0 Å². The van der Waals surface area contributed by atoms with Gasteiger partial charge in [0.05, 0.1) is 0 Å². The standard InChI is InChI=1S/C22H17NO2Se/c1-14-11-12-18-15(13-14)21-22(25-18)23(16-7-3-5-9-19(16)24-2)17-8-4-6-10-20(17)26-21/h3-13H,1-2H3. The zero-order chi connectivity index (χ0) is 17.7. The normalized spacial score (nSPS) is 12.8. The van der Waals surface area contributed by atoms with Crippen molar-refractivity contribution in [1.29, 1.82) is 0 Å². The molecule has 3 aromatic carbocycles. The van der Waals surface area contributed by atoms with E-state index in [1.165, 1.54) is 25.6 Å². The van der Waals surface area contributed by atoms with Crippen LogP contribution in [0.2, 0.25) is 0 Å². The molecule has 1 aromatic heterocycles. The first kappa shape index (κ1) is 15.6. The molecule has 0 amide bonds. The van der Waals surface area contributed by atoms with E-state index >= 15 is 0 Å². The van der Waals surface area contributed by atoms with Gasteiger partial charge in [-0.05, 0) is 0 Å². The summed E-state index contributed by atoms with van der Waals surface area (Å²) in [5.41, 5.74) is 4.35. The molecule has 0 bridgehead atoms. The molecule has 0 aliphatic carbocycles. The second kappa shape index (κ2) is 5.94. The van der Waals surface area contributed by atoms with Gasteiger partial charge in [-0.2, -0.15) is 0 Å². The van der Waals surface area contributed by atoms with Gasteiger partial charge in [0, 0.05) is 0 Å². The van der Waals surface area contributed by atoms with E-state index in [9.17, 15) is 0 Å². The van der Waals surface area contributed by atoms with Gasteiger partial charge in [-0.1, -0.05) is 0 Å². The predicted molar refractivity (Wildman–Crippen MR) is 107 cm³/mol. The van der Waals surface area contributed by atoms with Crippen LogP contribution in [0, 0.1) is 6.92 Å². The number of hydrogen-bond donors (Lipinski definition) is 0. The maximum absolute atomic E-state index is 6.35. The Balaban J connectivity index is 1.83. The van der Waals surface area contributed by atoms with Gasteiger partial charge in [0.2, 0.25) is 0 Å². The zero-order valence-electron chi connectivity index (χ0n) is 14.5. The number of anilines is 3. The van der Waals surface area contributed by atoms with Crippen LogP contribution < -0.4 is 18.6 Å². The third-order valence-corrected chi connectivity index (χ3v) is 7.07. The number of methoxy groups -OCH3 is 1. The van der Waals surface area contributed by atoms with E-state index in [1.54, 1.807) is 7.11 Å². The summed E-state index contributed by atoms with van der Waals surface area (Å²) in [6.07, 6.45) is 0. The van der Waals surface area contributed by atoms with E-state index in [1.807, 2.05) is 18.2 Å². The molecule has 0 saturated carbocycles. The van der Waals surface area contributed by atoms with E-state index in [-0.39, 0.29) is 15.0 Å². The number of aryl methyl sites for hydroxylation is 1. The maximum atomic E-state index is 6.35. The monoisotopic (exact) mass is 407 g/mol. The van der Waals surface area contributed by atoms with Crippen molar-refractivity contribution >= 4 is 52.1 Å². The summed E-state index contributed by atoms with van der Waals surface area (Å²) in [6.45, 7) is 2.13. The SMILES string of the molecule is COc1ccccc1N1c2ccccc2[Se]c2c1oc1ccc(C)cc21. The second-order valence-corrected chi connectivity index (χ2v) is 8.52. The van der Waals surface area contributed by atoms with Gasteiger partial charge in [0.15, 0.2) is 0 Å². The Morgan fingerprint density at radius 1 is 0.923 bits per heavy atom. The molecule has 0 N–H and O–H groups in total. The Kier molecular flexibility index (Phi) is 3.56. The van der Waals surface area contributed by atoms with E-state index in [0.717, 1.165) is 22.9 Å². The fourth-order valence-corrected chi connectivity index (χ4v) is 5.77. The van der Waals surface area contributed by atoms with E-state index in [0.29, 0.717) is 0 Å². The number of benzene rings is 3. The summed E-state index contributed by atoms with van der Waals surface area (Å²) in [6, 6.07) is 23.1. The average Bonchev–Trinajstić information content (AvgIpc) is 3.03. The average molecular weight is 406 g/mol. The molecular weight excluding hydrogens is 389 g/mol. The number of furan rings is 1. The molecule has 1 aliphatic heterocycles. The molecule has 26 heavy (non-hydrogen) atoms. The molecule has 4 heteroatoms. The Morgan fingerprint density at radius 2 is 1.69 bits per heavy atom. The van der Waals surface area contributed by atoms with Crippen molar-refractivity contribution in [3.05, 3.63) is 72.3 Å². The number of nitrogens with zero attached hydrogens (tertiary/aromatic N) is 1. The van der Waals surface area contributed by atoms with Crippen LogP contribution in [0.1, 0.15) is 5.56 Å². The van der Waals surface area contributed by atoms with Crippen LogP contribution in [0.3, 0.4) is 0 Å². The van der Waals surface area contributed by atoms with Crippen molar-refractivity contribution in [3.8, 4) is 5.75 Å². The van der Waals surface area contributed by atoms with Crippen LogP contribution in [0.25, 0.3) is 11.0 Å². The molecule has 128 valence electrons. The molecule has 0 saturated heterocycles. The number of para-hydroxylation sites is 3. The quantitative estimate of drug-likeness (QED) is 0.411. The first-order valence-corrected chi connectivity index (χ1v) is 10.2. The van der Waals surface area contributed by atoms with Crippen LogP contribution >= 0.6 is 0 Å². The first-order chi connectivity index (χ1) is 12.8. The summed E-state index contributed by atoms with van der Waals surface area (Å²) in [5.74, 6) is 1.74. The van der Waals surface area contributed by atoms with Gasteiger partial charge in [-0.25, -0.2) is 0 Å². The molecule has 0 spiro atoms. The number of rotatable bonds is 2. The molecule has 3 nitrogen and oxygen atoms in total. The molecule has 0 radical (unpaired) electrons. The van der Waals surface area contributed by atoms with Gasteiger partial charge >= 0.3 is 158 Å². The van der Waals surface area contributed by atoms with Gasteiger partial charge < -0.3 is 0 Å². The Labute approximate surface area is 158 Å².